The maximum atomic E-state index is 11.8. The number of rotatable bonds is 5. The largest absolute Gasteiger partial charge is 0.370 e. The third-order valence-electron chi connectivity index (χ3n) is 7.35. The van der Waals surface area contributed by atoms with E-state index in [9.17, 15) is 8.42 Å². The molecule has 0 saturated carbocycles. The lowest BCUT2D eigenvalue weighted by Crippen LogP contribution is -2.50. The third-order valence-corrected chi connectivity index (χ3v) is 9.96. The molecule has 1 unspecified atom stereocenters. The first-order valence-electron chi connectivity index (χ1n) is 11.6. The number of fused-ring (bicyclic) bond motifs is 2. The Morgan fingerprint density at radius 2 is 2.19 bits per heavy atom. The number of thiophene rings is 1. The summed E-state index contributed by atoms with van der Waals surface area (Å²) in [6.07, 6.45) is 8.18. The molecule has 0 bridgehead atoms. The molecule has 0 N–H and O–H groups in total. The van der Waals surface area contributed by atoms with Gasteiger partial charge >= 0.3 is 0 Å². The van der Waals surface area contributed by atoms with Crippen molar-refractivity contribution in [2.45, 2.75) is 70.2 Å². The van der Waals surface area contributed by atoms with Gasteiger partial charge in [-0.1, -0.05) is 12.1 Å². The molecule has 3 aliphatic rings. The van der Waals surface area contributed by atoms with E-state index in [4.69, 9.17) is 4.74 Å². The smallest absolute Gasteiger partial charge is 0.211 e. The van der Waals surface area contributed by atoms with Crippen LogP contribution in [0, 0.1) is 0 Å². The Kier molecular flexibility index (Phi) is 5.94. The number of aryl methyl sites for hydroxylation is 1. The van der Waals surface area contributed by atoms with E-state index < -0.39 is 10.0 Å². The van der Waals surface area contributed by atoms with Crippen molar-refractivity contribution in [1.82, 2.24) is 24.2 Å². The van der Waals surface area contributed by atoms with Gasteiger partial charge in [-0.25, -0.2) is 13.1 Å². The van der Waals surface area contributed by atoms with Gasteiger partial charge in [0.05, 0.1) is 36.4 Å². The van der Waals surface area contributed by atoms with Crippen LogP contribution in [0.15, 0.2) is 12.3 Å². The normalized spacial score (nSPS) is 29.6. The molecule has 32 heavy (non-hydrogen) atoms. The molecule has 2 aromatic heterocycles. The summed E-state index contributed by atoms with van der Waals surface area (Å²) in [4.78, 5) is 5.46. The molecule has 2 fully saturated rings. The van der Waals surface area contributed by atoms with E-state index in [-0.39, 0.29) is 11.6 Å². The van der Waals surface area contributed by atoms with Gasteiger partial charge in [-0.2, -0.15) is 4.31 Å². The van der Waals surface area contributed by atoms with Gasteiger partial charge in [0.25, 0.3) is 0 Å². The molecule has 0 amide bonds. The van der Waals surface area contributed by atoms with Crippen LogP contribution in [-0.4, -0.2) is 71.2 Å². The summed E-state index contributed by atoms with van der Waals surface area (Å²) in [6.45, 7) is 8.10. The summed E-state index contributed by atoms with van der Waals surface area (Å²) >= 11 is 1.97. The summed E-state index contributed by atoms with van der Waals surface area (Å²) in [6, 6.07) is 2.85. The van der Waals surface area contributed by atoms with E-state index in [1.165, 1.54) is 25.9 Å². The van der Waals surface area contributed by atoms with Crippen LogP contribution in [-0.2, 0) is 39.7 Å². The fourth-order valence-electron chi connectivity index (χ4n) is 5.51. The van der Waals surface area contributed by atoms with Crippen molar-refractivity contribution in [3.8, 4) is 0 Å². The predicted molar refractivity (Wildman–Crippen MR) is 124 cm³/mol. The van der Waals surface area contributed by atoms with Crippen molar-refractivity contribution in [1.29, 1.82) is 0 Å². The SMILES string of the molecule is CCc1cc2c(s1)CCO[C@@]21CCN(Cc2cn(C3CCN(S(C)(=O)=O)C3)nn2)[C@@H](C)C1. The summed E-state index contributed by atoms with van der Waals surface area (Å²) in [5.41, 5.74) is 2.25. The van der Waals surface area contributed by atoms with Crippen LogP contribution in [0.25, 0.3) is 0 Å². The Morgan fingerprint density at radius 3 is 2.91 bits per heavy atom. The third kappa shape index (κ3) is 4.16. The number of likely N-dealkylation sites (tertiary alicyclic amines) is 1. The van der Waals surface area contributed by atoms with Crippen molar-refractivity contribution >= 4 is 21.4 Å². The Morgan fingerprint density at radius 1 is 1.34 bits per heavy atom. The Labute approximate surface area is 194 Å². The average Bonchev–Trinajstić information content (AvgIpc) is 3.49. The molecule has 2 saturated heterocycles. The number of sulfonamides is 1. The highest BCUT2D eigenvalue weighted by Gasteiger charge is 2.44. The summed E-state index contributed by atoms with van der Waals surface area (Å²) in [5.74, 6) is 0. The molecule has 0 aromatic carbocycles. The lowest BCUT2D eigenvalue weighted by Gasteiger charge is -2.47. The molecule has 0 radical (unpaired) electrons. The molecule has 5 heterocycles. The van der Waals surface area contributed by atoms with Gasteiger partial charge in [0, 0.05) is 48.4 Å². The van der Waals surface area contributed by atoms with E-state index in [1.807, 2.05) is 22.2 Å². The fourth-order valence-corrected chi connectivity index (χ4v) is 7.57. The number of nitrogens with zero attached hydrogens (tertiary/aromatic N) is 5. The van der Waals surface area contributed by atoms with Gasteiger partial charge in [0.1, 0.15) is 0 Å². The Hall–Kier alpha value is -1.33. The van der Waals surface area contributed by atoms with Crippen LogP contribution in [0.3, 0.4) is 0 Å². The van der Waals surface area contributed by atoms with Gasteiger partial charge in [0.2, 0.25) is 10.0 Å². The van der Waals surface area contributed by atoms with Crippen molar-refractivity contribution in [3.63, 3.8) is 0 Å². The molecule has 8 nitrogen and oxygen atoms in total. The minimum atomic E-state index is -3.15. The second-order valence-electron chi connectivity index (χ2n) is 9.52. The first-order valence-corrected chi connectivity index (χ1v) is 14.3. The molecule has 5 rings (SSSR count). The molecule has 3 atom stereocenters. The van der Waals surface area contributed by atoms with Crippen LogP contribution in [0.1, 0.15) is 60.2 Å². The molecule has 10 heteroatoms. The predicted octanol–water partition coefficient (Wildman–Crippen LogP) is 2.56. The lowest BCUT2D eigenvalue weighted by atomic mass is 9.79. The molecule has 2 aromatic rings. The van der Waals surface area contributed by atoms with Crippen molar-refractivity contribution < 1.29 is 13.2 Å². The van der Waals surface area contributed by atoms with E-state index in [0.29, 0.717) is 19.1 Å². The first-order chi connectivity index (χ1) is 15.3. The first kappa shape index (κ1) is 22.5. The number of hydrogen-bond donors (Lipinski definition) is 0. The minimum absolute atomic E-state index is 0.0634. The van der Waals surface area contributed by atoms with E-state index in [0.717, 1.165) is 57.5 Å². The van der Waals surface area contributed by atoms with Crippen LogP contribution in [0.5, 0.6) is 0 Å². The standard InChI is InChI=1S/C22H33N5O3S2/c1-4-19-11-20-21(31-19)6-10-30-22(20)7-9-25(16(2)12-22)13-17-14-27(24-23-17)18-5-8-26(15-18)32(3,28)29/h11,14,16,18H,4-10,12-13,15H2,1-3H3/t16-,18?,22+/m0/s1. The van der Waals surface area contributed by atoms with E-state index in [2.05, 4.69) is 35.1 Å². The van der Waals surface area contributed by atoms with Crippen LogP contribution in [0.4, 0.5) is 0 Å². The van der Waals surface area contributed by atoms with E-state index in [1.54, 1.807) is 0 Å². The van der Waals surface area contributed by atoms with Gasteiger partial charge in [-0.3, -0.25) is 4.90 Å². The number of hydrogen-bond acceptors (Lipinski definition) is 7. The highest BCUT2D eigenvalue weighted by molar-refractivity contribution is 7.88. The molecular weight excluding hydrogens is 446 g/mol. The Bertz CT molecular complexity index is 1080. The van der Waals surface area contributed by atoms with Gasteiger partial charge < -0.3 is 4.74 Å². The molecule has 1 spiro atoms. The highest BCUT2D eigenvalue weighted by Crippen LogP contribution is 2.46. The highest BCUT2D eigenvalue weighted by atomic mass is 32.2. The molecular formula is C22H33N5O3S2. The quantitative estimate of drug-likeness (QED) is 0.656. The van der Waals surface area contributed by atoms with Gasteiger partial charge in [-0.05, 0) is 44.2 Å². The molecule has 176 valence electrons. The Balaban J connectivity index is 1.24. The zero-order chi connectivity index (χ0) is 22.5. The summed E-state index contributed by atoms with van der Waals surface area (Å²) in [5, 5.41) is 8.73. The van der Waals surface area contributed by atoms with Crippen molar-refractivity contribution in [3.05, 3.63) is 33.3 Å². The summed E-state index contributed by atoms with van der Waals surface area (Å²) < 4.78 is 33.4. The van der Waals surface area contributed by atoms with Gasteiger partial charge in [-0.15, -0.1) is 16.4 Å². The van der Waals surface area contributed by atoms with Crippen LogP contribution >= 0.6 is 11.3 Å². The maximum absolute atomic E-state index is 11.8. The summed E-state index contributed by atoms with van der Waals surface area (Å²) in [7, 11) is -3.15. The van der Waals surface area contributed by atoms with Gasteiger partial charge in [0.15, 0.2) is 0 Å². The molecule has 0 aliphatic carbocycles. The zero-order valence-corrected chi connectivity index (χ0v) is 20.8. The molecule has 3 aliphatic heterocycles. The number of piperidine rings is 1. The second kappa shape index (κ2) is 8.47. The van der Waals surface area contributed by atoms with E-state index >= 15 is 0 Å². The fraction of sp³-hybridized carbons (Fsp3) is 0.727. The van der Waals surface area contributed by atoms with Crippen LogP contribution in [0.2, 0.25) is 0 Å². The lowest BCUT2D eigenvalue weighted by molar-refractivity contribution is -0.112. The van der Waals surface area contributed by atoms with Crippen molar-refractivity contribution in [2.24, 2.45) is 0 Å². The van der Waals surface area contributed by atoms with Crippen LogP contribution < -0.4 is 0 Å². The zero-order valence-electron chi connectivity index (χ0n) is 19.2. The topological polar surface area (TPSA) is 80.6 Å². The second-order valence-corrected chi connectivity index (χ2v) is 12.7. The number of aromatic nitrogens is 3. The number of ether oxygens (including phenoxy) is 1. The van der Waals surface area contributed by atoms with Crippen molar-refractivity contribution in [2.75, 3.05) is 32.5 Å². The monoisotopic (exact) mass is 479 g/mol. The maximum Gasteiger partial charge on any atom is 0.211 e. The minimum Gasteiger partial charge on any atom is -0.370 e. The average molecular weight is 480 g/mol.